The first-order valence-corrected chi connectivity index (χ1v) is 2.13. The topological polar surface area (TPSA) is 67.8 Å². The predicted molar refractivity (Wildman–Crippen MR) is 31.1 cm³/mol. The number of carbonyl (C=O) groups excluding carboxylic acids is 1. The van der Waals surface area contributed by atoms with E-state index in [4.69, 9.17) is 13.8 Å². The van der Waals surface area contributed by atoms with Gasteiger partial charge in [-0.15, -0.1) is 0 Å². The maximum atomic E-state index is 11.0. The van der Waals surface area contributed by atoms with Crippen molar-refractivity contribution in [1.82, 2.24) is 0 Å². The van der Waals surface area contributed by atoms with E-state index in [2.05, 4.69) is 0 Å². The summed E-state index contributed by atoms with van der Waals surface area (Å²) in [7, 11) is 0. The molecule has 0 amide bonds. The molecule has 0 fully saturated rings. The third-order valence-corrected chi connectivity index (χ3v) is 0.680. The van der Waals surface area contributed by atoms with Gasteiger partial charge in [0.1, 0.15) is 7.39 Å². The molecule has 0 aliphatic rings. The summed E-state index contributed by atoms with van der Waals surface area (Å²) in [4.78, 5) is 11.0. The molecule has 0 saturated heterocycles. The fraction of sp³-hybridized carbons (Fsp3) is 0.833. The van der Waals surface area contributed by atoms with E-state index in [0.717, 1.165) is 0 Å². The van der Waals surface area contributed by atoms with Crippen LogP contribution in [0.15, 0.2) is 0 Å². The van der Waals surface area contributed by atoms with Gasteiger partial charge in [-0.1, -0.05) is 13.8 Å². The highest BCUT2D eigenvalue weighted by Crippen LogP contribution is 2.01. The Morgan fingerprint density at radius 2 is 3.00 bits per heavy atom. The van der Waals surface area contributed by atoms with E-state index < -0.39 is 36.8 Å². The third kappa shape index (κ3) is 2.46. The second-order valence-electron chi connectivity index (χ2n) is 1.26. The molecule has 0 aliphatic heterocycles. The molecule has 0 aromatic heterocycles. The zero-order valence-corrected chi connectivity index (χ0v) is 4.76. The van der Waals surface area contributed by atoms with Crippen LogP contribution in [0.4, 0.5) is 0 Å². The summed E-state index contributed by atoms with van der Waals surface area (Å²) in [5, 5.41) is 11.0. The number of rotatable bonds is 4. The normalized spacial score (nSPS) is 44.6. The van der Waals surface area contributed by atoms with E-state index in [1.54, 1.807) is 0 Å². The molecule has 0 aromatic rings. The first kappa shape index (κ1) is 1.53. The van der Waals surface area contributed by atoms with Crippen molar-refractivity contribution in [2.75, 3.05) is 0 Å². The lowest BCUT2D eigenvalue weighted by Gasteiger charge is -2.14. The maximum absolute atomic E-state index is 11.0. The molecular weight excluding hydrogens is 118 g/mol. The van der Waals surface area contributed by atoms with Gasteiger partial charge in [-0.3, -0.25) is 0 Å². The Morgan fingerprint density at radius 1 is 2.33 bits per heavy atom. The molecule has 0 rings (SSSR count). The van der Waals surface area contributed by atoms with Gasteiger partial charge in [0.05, 0.1) is 5.97 Å². The maximum Gasteiger partial charge on any atom is 0.345 e. The highest BCUT2D eigenvalue weighted by Gasteiger charge is 2.14. The van der Waals surface area contributed by atoms with Crippen LogP contribution in [0.2, 0.25) is 4.24 Å². The van der Waals surface area contributed by atoms with Gasteiger partial charge in [0.25, 0.3) is 0 Å². The summed E-state index contributed by atoms with van der Waals surface area (Å²) in [6, 6.07) is -4.02. The fourth-order valence-electron chi connectivity index (χ4n) is 0.220. The van der Waals surface area contributed by atoms with Crippen molar-refractivity contribution in [2.24, 2.45) is 5.89 Å². The summed E-state index contributed by atoms with van der Waals surface area (Å²) in [6.45, 7) is -3.14. The van der Waals surface area contributed by atoms with E-state index in [0.29, 0.717) is 6.92 Å². The molecular formula is C6H13NO2. The molecule has 0 aliphatic carbocycles. The van der Waals surface area contributed by atoms with Crippen molar-refractivity contribution in [3.63, 3.8) is 0 Å². The summed E-state index contributed by atoms with van der Waals surface area (Å²) in [5.74, 6) is -6.43. The minimum absolute atomic E-state index is 0.536. The van der Waals surface area contributed by atoms with Crippen LogP contribution in [0.3, 0.4) is 0 Å². The summed E-state index contributed by atoms with van der Waals surface area (Å²) >= 11 is 0. The zero-order chi connectivity index (χ0) is 16.1. The number of carboxylic acids is 1. The summed E-state index contributed by atoms with van der Waals surface area (Å²) < 4.78 is 71.9. The first-order chi connectivity index (χ1) is 7.94. The summed E-state index contributed by atoms with van der Waals surface area (Å²) in [6.07, 6.45) is -3.12. The molecule has 9 heavy (non-hydrogen) atoms. The molecule has 0 spiro atoms. The average Bonchev–Trinajstić information content (AvgIpc) is 2.09. The second-order valence-corrected chi connectivity index (χ2v) is 1.26. The van der Waals surface area contributed by atoms with Gasteiger partial charge in [0, 0.05) is 14.1 Å². The van der Waals surface area contributed by atoms with Crippen LogP contribution in [-0.2, 0) is 4.79 Å². The molecule has 0 radical (unpaired) electrons. The van der Waals surface area contributed by atoms with Gasteiger partial charge < -0.3 is 15.6 Å². The number of carboxylic acid groups (broad SMARTS) is 1. The van der Waals surface area contributed by atoms with Crippen LogP contribution in [0.1, 0.15) is 29.7 Å². The largest absolute Gasteiger partial charge is 0.544 e. The first-order valence-electron chi connectivity index (χ1n) is 6.97. The molecule has 54 valence electrons. The van der Waals surface area contributed by atoms with Crippen LogP contribution in [0.25, 0.3) is 0 Å². The quantitative estimate of drug-likeness (QED) is 0.512. The minimum atomic E-state index is -4.02. The highest BCUT2D eigenvalue weighted by atomic mass is 16.4. The zero-order valence-electron chi connectivity index (χ0n) is 14.8. The molecule has 2 unspecified atom stereocenters. The molecule has 0 bridgehead atoms. The van der Waals surface area contributed by atoms with E-state index in [1.807, 2.05) is 0 Å². The van der Waals surface area contributed by atoms with Gasteiger partial charge in [-0.2, -0.15) is 0 Å². The number of aliphatic carboxylic acids is 1. The average molecular weight is 141 g/mol. The lowest BCUT2D eigenvalue weighted by molar-refractivity contribution is -0.447. The molecule has 0 saturated carbocycles. The Hall–Kier alpha value is -0.570. The van der Waals surface area contributed by atoms with Crippen LogP contribution in [0.5, 0.6) is 0 Å². The van der Waals surface area contributed by atoms with Gasteiger partial charge in [-0.05, 0) is 6.37 Å². The fourth-order valence-corrected chi connectivity index (χ4v) is 0.220. The van der Waals surface area contributed by atoms with Gasteiger partial charge in [0.2, 0.25) is 0 Å². The van der Waals surface area contributed by atoms with E-state index >= 15 is 0 Å². The van der Waals surface area contributed by atoms with Crippen molar-refractivity contribution in [3.8, 4) is 0 Å². The molecule has 0 heterocycles. The van der Waals surface area contributed by atoms with E-state index in [1.165, 1.54) is 0 Å². The van der Waals surface area contributed by atoms with Crippen LogP contribution in [0, 0.1) is 5.89 Å². The Balaban J connectivity index is 6.54. The summed E-state index contributed by atoms with van der Waals surface area (Å²) in [5.41, 5.74) is -3.04. The van der Waals surface area contributed by atoms with Gasteiger partial charge >= 0.3 is 4.24 Å². The van der Waals surface area contributed by atoms with Crippen LogP contribution < -0.4 is 10.8 Å². The molecule has 3 nitrogen and oxygen atoms in total. The monoisotopic (exact) mass is 141 g/mol. The number of hydrogen-bond donors (Lipinski definition) is 1. The standard InChI is InChI=1S/C6H13NO2/c1-3-4(2)5(7)6(8)9/h4-5H,3,7H2,1-2H3,(H,8,9)/i2D3,3D2,4D,5D/hD3. The second kappa shape index (κ2) is 3.45. The Morgan fingerprint density at radius 3 is 3.11 bits per heavy atom. The minimum Gasteiger partial charge on any atom is -0.544 e. The van der Waals surface area contributed by atoms with E-state index in [9.17, 15) is 9.90 Å². The number of quaternary nitrogens is 1. The molecule has 0 aromatic carbocycles. The van der Waals surface area contributed by atoms with Crippen LogP contribution in [-0.4, -0.2) is 12.0 Å². The third-order valence-electron chi connectivity index (χ3n) is 0.680. The van der Waals surface area contributed by atoms with Gasteiger partial charge in [-0.25, -0.2) is 0 Å². The van der Waals surface area contributed by atoms with Crippen molar-refractivity contribution in [3.05, 3.63) is 0 Å². The molecule has 3 N–H and O–H groups in total. The van der Waals surface area contributed by atoms with Crippen LogP contribution >= 0.6 is 0 Å². The van der Waals surface area contributed by atoms with Crippen molar-refractivity contribution in [2.45, 2.75) is 26.2 Å². The lowest BCUT2D eigenvalue weighted by atomic mass is 10.0. The SMILES string of the molecule is [2H]C([2H])([2H])C([2H])(C([2H])([2H])C)C([2H])(C(=O)[O-])[N+]([2H])([2H])[2H]. The Labute approximate surface area is 69.1 Å². The van der Waals surface area contributed by atoms with Crippen molar-refractivity contribution in [1.29, 1.82) is 0 Å². The van der Waals surface area contributed by atoms with Gasteiger partial charge in [0.15, 0.2) is 0 Å². The molecule has 3 heteroatoms. The van der Waals surface area contributed by atoms with Crippen molar-refractivity contribution >= 4 is 5.97 Å². The Kier molecular flexibility index (Phi) is 0.588. The number of hydrogen-bond acceptors (Lipinski definition) is 2. The highest BCUT2D eigenvalue weighted by molar-refractivity contribution is 5.69. The predicted octanol–water partition coefficient (Wildman–Crippen LogP) is -1.61. The Bertz CT molecular complexity index is 354. The molecule has 2 atom stereocenters. The smallest absolute Gasteiger partial charge is 0.345 e. The number of carbonyl (C=O) groups is 1. The van der Waals surface area contributed by atoms with Crippen molar-refractivity contribution < 1.29 is 29.4 Å². The van der Waals surface area contributed by atoms with E-state index in [-0.39, 0.29) is 0 Å². The lowest BCUT2D eigenvalue weighted by Crippen LogP contribution is -2.70.